The van der Waals surface area contributed by atoms with E-state index in [1.807, 2.05) is 59.1 Å². The van der Waals surface area contributed by atoms with Crippen LogP contribution in [-0.4, -0.2) is 10.2 Å². The number of benzene rings is 2. The standard InChI is InChI=1S/C23H15BrN2O/c1-14-20-19-8-4-5-13-26(19)22(23(27)15-9-11-16(24)12-10-15)21(20)17-6-2-3-7-18(17)25-14/h2-13H,1H3/p+1. The topological polar surface area (TPSA) is 35.6 Å². The highest BCUT2D eigenvalue weighted by molar-refractivity contribution is 9.10. The molecule has 0 aliphatic rings. The van der Waals surface area contributed by atoms with Crippen molar-refractivity contribution in [1.82, 2.24) is 4.40 Å². The molecule has 0 fully saturated rings. The Bertz CT molecular complexity index is 1350. The Kier molecular flexibility index (Phi) is 3.62. The molecule has 4 heteroatoms. The summed E-state index contributed by atoms with van der Waals surface area (Å²) in [4.78, 5) is 17.0. The minimum absolute atomic E-state index is 0.0226. The van der Waals surface area contributed by atoms with E-state index >= 15 is 0 Å². The van der Waals surface area contributed by atoms with E-state index in [1.165, 1.54) is 0 Å². The highest BCUT2D eigenvalue weighted by Gasteiger charge is 2.25. The average Bonchev–Trinajstić information content (AvgIpc) is 3.04. The number of hydrogen-bond donors (Lipinski definition) is 0. The molecule has 0 unspecified atom stereocenters. The van der Waals surface area contributed by atoms with E-state index in [0.29, 0.717) is 11.3 Å². The number of para-hydroxylation sites is 1. The van der Waals surface area contributed by atoms with E-state index in [9.17, 15) is 4.79 Å². The van der Waals surface area contributed by atoms with Crippen LogP contribution in [0.3, 0.4) is 0 Å². The molecule has 130 valence electrons. The van der Waals surface area contributed by atoms with Gasteiger partial charge in [0, 0.05) is 34.6 Å². The highest BCUT2D eigenvalue weighted by atomic mass is 79.9. The van der Waals surface area contributed by atoms with E-state index < -0.39 is 0 Å². The molecule has 5 aromatic rings. The maximum absolute atomic E-state index is 13.6. The molecule has 0 bridgehead atoms. The average molecular weight is 416 g/mol. The van der Waals surface area contributed by atoms with Crippen LogP contribution in [0.4, 0.5) is 0 Å². The summed E-state index contributed by atoms with van der Waals surface area (Å²) in [6, 6.07) is 21.7. The molecule has 5 rings (SSSR count). The van der Waals surface area contributed by atoms with Gasteiger partial charge >= 0.3 is 0 Å². The fraction of sp³-hybridized carbons (Fsp3) is 0.0435. The molecule has 3 heterocycles. The molecular formula is C23H16BrN2O+. The van der Waals surface area contributed by atoms with Gasteiger partial charge in [-0.3, -0.25) is 4.79 Å². The van der Waals surface area contributed by atoms with Gasteiger partial charge in [0.15, 0.2) is 5.69 Å². The van der Waals surface area contributed by atoms with Crippen LogP contribution in [0.15, 0.2) is 77.4 Å². The van der Waals surface area contributed by atoms with Gasteiger partial charge in [-0.25, -0.2) is 4.98 Å². The lowest BCUT2D eigenvalue weighted by atomic mass is 10.0. The first-order chi connectivity index (χ1) is 13.1. The number of aryl methyl sites for hydroxylation is 1. The molecule has 0 saturated carbocycles. The van der Waals surface area contributed by atoms with Crippen molar-refractivity contribution in [2.45, 2.75) is 6.92 Å². The van der Waals surface area contributed by atoms with Crippen LogP contribution in [0.25, 0.3) is 27.2 Å². The smallest absolute Gasteiger partial charge is 0.211 e. The second-order valence-corrected chi connectivity index (χ2v) is 7.60. The number of nitrogens with zero attached hydrogens (tertiary/aromatic N) is 1. The molecule has 2 aromatic carbocycles. The predicted molar refractivity (Wildman–Crippen MR) is 111 cm³/mol. The Hall–Kier alpha value is -2.98. The predicted octanol–water partition coefficient (Wildman–Crippen LogP) is 5.36. The van der Waals surface area contributed by atoms with Crippen molar-refractivity contribution in [1.29, 1.82) is 0 Å². The van der Waals surface area contributed by atoms with Crippen LogP contribution in [-0.2, 0) is 0 Å². The molecule has 3 aromatic heterocycles. The Morgan fingerprint density at radius 1 is 0.926 bits per heavy atom. The van der Waals surface area contributed by atoms with Crippen LogP contribution in [0.5, 0.6) is 0 Å². The molecule has 0 saturated heterocycles. The summed E-state index contributed by atoms with van der Waals surface area (Å²) in [7, 11) is 0. The second kappa shape index (κ2) is 6.03. The zero-order valence-electron chi connectivity index (χ0n) is 14.7. The Balaban J connectivity index is 1.97. The minimum atomic E-state index is 0.0226. The van der Waals surface area contributed by atoms with Crippen molar-refractivity contribution in [2.24, 2.45) is 0 Å². The van der Waals surface area contributed by atoms with Gasteiger partial charge in [0.05, 0.1) is 16.3 Å². The summed E-state index contributed by atoms with van der Waals surface area (Å²) < 4.78 is 2.97. The van der Waals surface area contributed by atoms with Crippen LogP contribution in [0, 0.1) is 6.92 Å². The fourth-order valence-corrected chi connectivity index (χ4v) is 4.15. The summed E-state index contributed by atoms with van der Waals surface area (Å²) in [6.07, 6.45) is 1.97. The SMILES string of the molecule is Cc1[nH+]c2ccccc2c2c(C(=O)c3ccc(Br)cc3)n3ccccc3c12. The molecule has 0 atom stereocenters. The number of halogens is 1. The van der Waals surface area contributed by atoms with E-state index in [2.05, 4.69) is 46.0 Å². The van der Waals surface area contributed by atoms with Crippen molar-refractivity contribution in [3.05, 3.63) is 94.4 Å². The third-order valence-corrected chi connectivity index (χ3v) is 5.59. The zero-order chi connectivity index (χ0) is 18.5. The second-order valence-electron chi connectivity index (χ2n) is 6.69. The van der Waals surface area contributed by atoms with Crippen molar-refractivity contribution < 1.29 is 9.78 Å². The summed E-state index contributed by atoms with van der Waals surface area (Å²) in [5.41, 5.74) is 4.51. The number of nitrogens with one attached hydrogen (secondary N) is 1. The van der Waals surface area contributed by atoms with E-state index in [0.717, 1.165) is 37.4 Å². The lowest BCUT2D eigenvalue weighted by Crippen LogP contribution is -2.10. The van der Waals surface area contributed by atoms with E-state index in [1.54, 1.807) is 0 Å². The van der Waals surface area contributed by atoms with Gasteiger partial charge in [0.1, 0.15) is 5.69 Å². The Morgan fingerprint density at radius 2 is 1.67 bits per heavy atom. The molecule has 0 amide bonds. The van der Waals surface area contributed by atoms with Crippen molar-refractivity contribution >= 4 is 48.9 Å². The first-order valence-corrected chi connectivity index (χ1v) is 9.58. The highest BCUT2D eigenvalue weighted by Crippen LogP contribution is 2.34. The van der Waals surface area contributed by atoms with Crippen molar-refractivity contribution in [2.75, 3.05) is 0 Å². The minimum Gasteiger partial charge on any atom is -0.312 e. The summed E-state index contributed by atoms with van der Waals surface area (Å²) >= 11 is 3.44. The van der Waals surface area contributed by atoms with Gasteiger partial charge < -0.3 is 4.40 Å². The Labute approximate surface area is 164 Å². The van der Waals surface area contributed by atoms with Gasteiger partial charge in [-0.2, -0.15) is 0 Å². The van der Waals surface area contributed by atoms with Crippen LogP contribution >= 0.6 is 15.9 Å². The largest absolute Gasteiger partial charge is 0.312 e. The Morgan fingerprint density at radius 3 is 2.48 bits per heavy atom. The third-order valence-electron chi connectivity index (χ3n) is 5.06. The molecule has 0 aliphatic carbocycles. The number of rotatable bonds is 2. The van der Waals surface area contributed by atoms with Gasteiger partial charge in [-0.05, 0) is 42.5 Å². The van der Waals surface area contributed by atoms with Crippen LogP contribution < -0.4 is 4.98 Å². The maximum atomic E-state index is 13.6. The lowest BCUT2D eigenvalue weighted by Gasteiger charge is -2.04. The number of hydrogen-bond acceptors (Lipinski definition) is 1. The summed E-state index contributed by atoms with van der Waals surface area (Å²) in [5, 5.41) is 3.15. The molecule has 0 spiro atoms. The summed E-state index contributed by atoms with van der Waals surface area (Å²) in [5.74, 6) is 0.0226. The molecule has 27 heavy (non-hydrogen) atoms. The normalized spacial score (nSPS) is 11.5. The monoisotopic (exact) mass is 415 g/mol. The van der Waals surface area contributed by atoms with Crippen LogP contribution in [0.2, 0.25) is 0 Å². The number of aromatic nitrogens is 2. The number of pyridine rings is 2. The lowest BCUT2D eigenvalue weighted by molar-refractivity contribution is -0.352. The molecule has 0 radical (unpaired) electrons. The van der Waals surface area contributed by atoms with Gasteiger partial charge in [-0.1, -0.05) is 34.1 Å². The third kappa shape index (κ3) is 2.41. The number of carbonyl (C=O) groups is 1. The van der Waals surface area contributed by atoms with Crippen molar-refractivity contribution in [3.63, 3.8) is 0 Å². The molecular weight excluding hydrogens is 400 g/mol. The molecule has 3 nitrogen and oxygen atoms in total. The number of carbonyl (C=O) groups excluding carboxylic acids is 1. The zero-order valence-corrected chi connectivity index (χ0v) is 16.2. The number of ketones is 1. The summed E-state index contributed by atoms with van der Waals surface area (Å²) in [6.45, 7) is 2.07. The first-order valence-electron chi connectivity index (χ1n) is 8.79. The molecule has 0 aliphatic heterocycles. The fourth-order valence-electron chi connectivity index (χ4n) is 3.89. The number of H-pyrrole nitrogens is 1. The van der Waals surface area contributed by atoms with E-state index in [-0.39, 0.29) is 5.78 Å². The van der Waals surface area contributed by atoms with E-state index in [4.69, 9.17) is 0 Å². The quantitative estimate of drug-likeness (QED) is 0.357. The van der Waals surface area contributed by atoms with Gasteiger partial charge in [-0.15, -0.1) is 0 Å². The first kappa shape index (κ1) is 16.2. The van der Waals surface area contributed by atoms with Gasteiger partial charge in [0.2, 0.25) is 11.3 Å². The van der Waals surface area contributed by atoms with Gasteiger partial charge in [0.25, 0.3) is 0 Å². The number of aromatic amines is 1. The van der Waals surface area contributed by atoms with Crippen molar-refractivity contribution in [3.8, 4) is 0 Å². The number of fused-ring (bicyclic) bond motifs is 5. The molecule has 1 N–H and O–H groups in total. The maximum Gasteiger partial charge on any atom is 0.211 e. The van der Waals surface area contributed by atoms with Crippen LogP contribution in [0.1, 0.15) is 21.7 Å².